The van der Waals surface area contributed by atoms with Crippen LogP contribution >= 0.6 is 15.9 Å². The van der Waals surface area contributed by atoms with E-state index in [0.717, 1.165) is 4.47 Å². The average molecular weight is 336 g/mol. The first-order chi connectivity index (χ1) is 9.58. The molecule has 2 rings (SSSR count). The zero-order chi connectivity index (χ0) is 14.5. The fraction of sp³-hybridized carbons (Fsp3) is 0.154. The van der Waals surface area contributed by atoms with E-state index in [2.05, 4.69) is 36.5 Å². The summed E-state index contributed by atoms with van der Waals surface area (Å²) < 4.78 is 14.4. The van der Waals surface area contributed by atoms with Crippen LogP contribution in [0.25, 0.3) is 0 Å². The van der Waals surface area contributed by atoms with E-state index in [-0.39, 0.29) is 12.4 Å². The van der Waals surface area contributed by atoms with Gasteiger partial charge >= 0.3 is 0 Å². The molecule has 1 heterocycles. The minimum atomic E-state index is -0.290. The molecule has 0 fully saturated rings. The summed E-state index contributed by atoms with van der Waals surface area (Å²) in [5.74, 6) is 1.15. The highest BCUT2D eigenvalue weighted by Crippen LogP contribution is 2.17. The van der Waals surface area contributed by atoms with Crippen LogP contribution in [0.4, 0.5) is 16.0 Å². The third-order valence-electron chi connectivity index (χ3n) is 2.49. The molecule has 1 aromatic carbocycles. The highest BCUT2D eigenvalue weighted by molar-refractivity contribution is 9.10. The molecule has 0 atom stereocenters. The summed E-state index contributed by atoms with van der Waals surface area (Å²) in [7, 11) is 0. The predicted octanol–water partition coefficient (Wildman–Crippen LogP) is 3.19. The summed E-state index contributed by atoms with van der Waals surface area (Å²) in [6, 6.07) is 6.33. The maximum absolute atomic E-state index is 13.6. The zero-order valence-electron chi connectivity index (χ0n) is 10.6. The van der Waals surface area contributed by atoms with Crippen molar-refractivity contribution in [1.82, 2.24) is 9.97 Å². The lowest BCUT2D eigenvalue weighted by Crippen LogP contribution is -2.06. The number of hydrogen-bond acceptors (Lipinski definition) is 5. The fourth-order valence-corrected chi connectivity index (χ4v) is 2.05. The normalized spacial score (nSPS) is 9.90. The van der Waals surface area contributed by atoms with Crippen LogP contribution in [-0.2, 0) is 6.54 Å². The van der Waals surface area contributed by atoms with E-state index >= 15 is 0 Å². The van der Waals surface area contributed by atoms with Crippen molar-refractivity contribution < 1.29 is 4.39 Å². The Hall–Kier alpha value is -2.20. The van der Waals surface area contributed by atoms with Crippen molar-refractivity contribution in [2.75, 3.05) is 10.6 Å². The first-order valence-corrected chi connectivity index (χ1v) is 6.56. The second-order valence-corrected chi connectivity index (χ2v) is 4.93. The Labute approximate surface area is 124 Å². The fourth-order valence-electron chi connectivity index (χ4n) is 1.64. The molecular weight excluding hydrogens is 325 g/mol. The summed E-state index contributed by atoms with van der Waals surface area (Å²) in [6.45, 7) is 2.00. The van der Waals surface area contributed by atoms with Gasteiger partial charge in [0, 0.05) is 22.6 Å². The standard InChI is InChI=1S/C13H11BrFN5/c1-8-19-12(5-13(20-8)18-7-16)17-6-9-4-10(14)2-3-11(9)15/h2-5H,6H2,1H3,(H2,17,18,19,20). The smallest absolute Gasteiger partial charge is 0.182 e. The Balaban J connectivity index is 2.14. The number of aryl methyl sites for hydroxylation is 1. The third kappa shape index (κ3) is 3.65. The quantitative estimate of drug-likeness (QED) is 0.663. The van der Waals surface area contributed by atoms with Gasteiger partial charge in [0.2, 0.25) is 0 Å². The van der Waals surface area contributed by atoms with E-state index in [0.29, 0.717) is 23.0 Å². The highest BCUT2D eigenvalue weighted by Gasteiger charge is 2.05. The molecule has 2 N–H and O–H groups in total. The van der Waals surface area contributed by atoms with Gasteiger partial charge in [-0.25, -0.2) is 14.4 Å². The SMILES string of the molecule is Cc1nc(NC#N)cc(NCc2cc(Br)ccc2F)n1. The molecule has 0 spiro atoms. The van der Waals surface area contributed by atoms with Crippen LogP contribution in [0.2, 0.25) is 0 Å². The monoisotopic (exact) mass is 335 g/mol. The van der Waals surface area contributed by atoms with Crippen molar-refractivity contribution in [2.45, 2.75) is 13.5 Å². The Morgan fingerprint density at radius 3 is 2.80 bits per heavy atom. The summed E-state index contributed by atoms with van der Waals surface area (Å²) in [6.07, 6.45) is 1.79. The molecule has 1 aromatic heterocycles. The lowest BCUT2D eigenvalue weighted by Gasteiger charge is -2.09. The molecule has 0 bridgehead atoms. The van der Waals surface area contributed by atoms with Crippen LogP contribution in [0.3, 0.4) is 0 Å². The molecule has 102 valence electrons. The Morgan fingerprint density at radius 1 is 1.30 bits per heavy atom. The molecule has 0 unspecified atom stereocenters. The Kier molecular flexibility index (Phi) is 4.48. The predicted molar refractivity (Wildman–Crippen MR) is 77.4 cm³/mol. The van der Waals surface area contributed by atoms with Gasteiger partial charge in [-0.3, -0.25) is 5.32 Å². The number of halogens is 2. The maximum Gasteiger partial charge on any atom is 0.182 e. The van der Waals surface area contributed by atoms with E-state index in [9.17, 15) is 4.39 Å². The van der Waals surface area contributed by atoms with Crippen molar-refractivity contribution in [1.29, 1.82) is 5.26 Å². The Morgan fingerprint density at radius 2 is 2.05 bits per heavy atom. The number of rotatable bonds is 4. The Bertz CT molecular complexity index is 668. The lowest BCUT2D eigenvalue weighted by atomic mass is 10.2. The van der Waals surface area contributed by atoms with Crippen LogP contribution in [-0.4, -0.2) is 9.97 Å². The second kappa shape index (κ2) is 6.30. The second-order valence-electron chi connectivity index (χ2n) is 4.01. The number of benzene rings is 1. The number of nitrogens with zero attached hydrogens (tertiary/aromatic N) is 3. The first kappa shape index (κ1) is 14.2. The van der Waals surface area contributed by atoms with Gasteiger partial charge in [0.1, 0.15) is 23.3 Å². The van der Waals surface area contributed by atoms with Crippen LogP contribution in [0, 0.1) is 24.2 Å². The van der Waals surface area contributed by atoms with Crippen molar-refractivity contribution in [3.63, 3.8) is 0 Å². The highest BCUT2D eigenvalue weighted by atomic mass is 79.9. The van der Waals surface area contributed by atoms with Crippen molar-refractivity contribution in [2.24, 2.45) is 0 Å². The lowest BCUT2D eigenvalue weighted by molar-refractivity contribution is 0.612. The van der Waals surface area contributed by atoms with Crippen LogP contribution in [0.5, 0.6) is 0 Å². The average Bonchev–Trinajstić information content (AvgIpc) is 2.40. The molecule has 0 aliphatic heterocycles. The molecule has 0 saturated carbocycles. The number of anilines is 2. The number of nitrogens with one attached hydrogen (secondary N) is 2. The van der Waals surface area contributed by atoms with Crippen LogP contribution in [0.1, 0.15) is 11.4 Å². The van der Waals surface area contributed by atoms with E-state index in [1.54, 1.807) is 31.3 Å². The number of aromatic nitrogens is 2. The molecule has 5 nitrogen and oxygen atoms in total. The minimum Gasteiger partial charge on any atom is -0.366 e. The zero-order valence-corrected chi connectivity index (χ0v) is 12.2. The molecule has 0 saturated heterocycles. The topological polar surface area (TPSA) is 73.6 Å². The van der Waals surface area contributed by atoms with Gasteiger partial charge < -0.3 is 5.32 Å². The van der Waals surface area contributed by atoms with Gasteiger partial charge in [0.15, 0.2) is 6.19 Å². The summed E-state index contributed by atoms with van der Waals surface area (Å²) in [5, 5.41) is 14.0. The summed E-state index contributed by atoms with van der Waals surface area (Å²) >= 11 is 3.30. The van der Waals surface area contributed by atoms with Gasteiger partial charge in [-0.15, -0.1) is 0 Å². The van der Waals surface area contributed by atoms with E-state index in [1.165, 1.54) is 6.07 Å². The minimum absolute atomic E-state index is 0.285. The molecule has 2 aromatic rings. The maximum atomic E-state index is 13.6. The van der Waals surface area contributed by atoms with Crippen LogP contribution in [0.15, 0.2) is 28.7 Å². The largest absolute Gasteiger partial charge is 0.366 e. The molecule has 20 heavy (non-hydrogen) atoms. The van der Waals surface area contributed by atoms with Crippen LogP contribution < -0.4 is 10.6 Å². The molecule has 0 radical (unpaired) electrons. The third-order valence-corrected chi connectivity index (χ3v) is 2.98. The first-order valence-electron chi connectivity index (χ1n) is 5.77. The van der Waals surface area contributed by atoms with Crippen molar-refractivity contribution in [3.05, 3.63) is 45.9 Å². The number of hydrogen-bond donors (Lipinski definition) is 2. The van der Waals surface area contributed by atoms with Crippen molar-refractivity contribution in [3.8, 4) is 6.19 Å². The molecule has 7 heteroatoms. The molecular formula is C13H11BrFN5. The van der Waals surface area contributed by atoms with Gasteiger partial charge in [-0.2, -0.15) is 5.26 Å². The summed E-state index contributed by atoms with van der Waals surface area (Å²) in [4.78, 5) is 8.22. The molecule has 0 aliphatic carbocycles. The van der Waals surface area contributed by atoms with Gasteiger partial charge in [0.05, 0.1) is 0 Å². The van der Waals surface area contributed by atoms with Crippen molar-refractivity contribution >= 4 is 27.6 Å². The van der Waals surface area contributed by atoms with Gasteiger partial charge in [0.25, 0.3) is 0 Å². The molecule has 0 amide bonds. The van der Waals surface area contributed by atoms with Gasteiger partial charge in [-0.05, 0) is 25.1 Å². The number of nitriles is 1. The van der Waals surface area contributed by atoms with E-state index in [4.69, 9.17) is 5.26 Å². The van der Waals surface area contributed by atoms with Gasteiger partial charge in [-0.1, -0.05) is 15.9 Å². The molecule has 0 aliphatic rings. The van der Waals surface area contributed by atoms with E-state index in [1.807, 2.05) is 0 Å². The van der Waals surface area contributed by atoms with E-state index < -0.39 is 0 Å². The summed E-state index contributed by atoms with van der Waals surface area (Å²) in [5.41, 5.74) is 0.519.